The van der Waals surface area contributed by atoms with Crippen molar-refractivity contribution in [2.24, 2.45) is 5.92 Å². The minimum atomic E-state index is 0.260. The minimum Gasteiger partial charge on any atom is -0.497 e. The number of rotatable bonds is 5. The highest BCUT2D eigenvalue weighted by Crippen LogP contribution is 2.30. The molecule has 1 aromatic rings. The second-order valence-electron chi connectivity index (χ2n) is 5.54. The van der Waals surface area contributed by atoms with Gasteiger partial charge in [-0.1, -0.05) is 46.2 Å². The van der Waals surface area contributed by atoms with Crippen molar-refractivity contribution in [3.63, 3.8) is 0 Å². The summed E-state index contributed by atoms with van der Waals surface area (Å²) in [7, 11) is 1.71. The van der Waals surface area contributed by atoms with Gasteiger partial charge < -0.3 is 4.74 Å². The van der Waals surface area contributed by atoms with Crippen molar-refractivity contribution in [3.8, 4) is 5.75 Å². The smallest absolute Gasteiger partial charge is 0.118 e. The van der Waals surface area contributed by atoms with Crippen molar-refractivity contribution < 1.29 is 4.74 Å². The van der Waals surface area contributed by atoms with Crippen LogP contribution in [0.5, 0.6) is 5.75 Å². The Bertz CT molecular complexity index is 309. The number of hydrogen-bond donors (Lipinski definition) is 0. The van der Waals surface area contributed by atoms with Crippen LogP contribution in [0.1, 0.15) is 46.1 Å². The van der Waals surface area contributed by atoms with Crippen LogP contribution < -0.4 is 4.74 Å². The van der Waals surface area contributed by atoms with E-state index in [4.69, 9.17) is 4.74 Å². The SMILES string of the molecule is COc1ccc(C(C)(C)CCC(C)C)cc1. The summed E-state index contributed by atoms with van der Waals surface area (Å²) < 4.78 is 5.18. The van der Waals surface area contributed by atoms with Gasteiger partial charge in [-0.05, 0) is 35.4 Å². The molecule has 0 N–H and O–H groups in total. The Hall–Kier alpha value is -0.980. The summed E-state index contributed by atoms with van der Waals surface area (Å²) in [5.41, 5.74) is 1.66. The van der Waals surface area contributed by atoms with Crippen LogP contribution in [0.4, 0.5) is 0 Å². The van der Waals surface area contributed by atoms with Gasteiger partial charge in [0.2, 0.25) is 0 Å². The molecule has 1 aromatic carbocycles. The molecule has 1 nitrogen and oxygen atoms in total. The van der Waals surface area contributed by atoms with Gasteiger partial charge in [-0.25, -0.2) is 0 Å². The molecular weight excluding hydrogens is 196 g/mol. The number of methoxy groups -OCH3 is 1. The first-order chi connectivity index (χ1) is 7.45. The average molecular weight is 220 g/mol. The Labute approximate surface area is 99.8 Å². The third-order valence-electron chi connectivity index (χ3n) is 3.22. The second-order valence-corrected chi connectivity index (χ2v) is 5.54. The van der Waals surface area contributed by atoms with E-state index in [2.05, 4.69) is 39.8 Å². The number of ether oxygens (including phenoxy) is 1. The van der Waals surface area contributed by atoms with E-state index in [9.17, 15) is 0 Å². The van der Waals surface area contributed by atoms with Gasteiger partial charge in [-0.2, -0.15) is 0 Å². The first-order valence-corrected chi connectivity index (χ1v) is 6.10. The number of hydrogen-bond acceptors (Lipinski definition) is 1. The first kappa shape index (κ1) is 13.1. The third-order valence-corrected chi connectivity index (χ3v) is 3.22. The highest BCUT2D eigenvalue weighted by atomic mass is 16.5. The lowest BCUT2D eigenvalue weighted by Gasteiger charge is -2.26. The molecule has 0 radical (unpaired) electrons. The zero-order valence-electron chi connectivity index (χ0n) is 11.2. The van der Waals surface area contributed by atoms with Crippen molar-refractivity contribution in [2.75, 3.05) is 7.11 Å². The molecule has 0 unspecified atom stereocenters. The maximum Gasteiger partial charge on any atom is 0.118 e. The van der Waals surface area contributed by atoms with Crippen molar-refractivity contribution in [1.29, 1.82) is 0 Å². The fraction of sp³-hybridized carbons (Fsp3) is 0.600. The molecule has 0 saturated carbocycles. The predicted octanol–water partition coefficient (Wildman–Crippen LogP) is 4.41. The van der Waals surface area contributed by atoms with E-state index in [1.807, 2.05) is 12.1 Å². The zero-order chi connectivity index (χ0) is 12.2. The summed E-state index contributed by atoms with van der Waals surface area (Å²) in [6.45, 7) is 9.20. The summed E-state index contributed by atoms with van der Waals surface area (Å²) in [6.07, 6.45) is 2.51. The normalized spacial score (nSPS) is 11.9. The van der Waals surface area contributed by atoms with Gasteiger partial charge in [-0.3, -0.25) is 0 Å². The molecule has 0 spiro atoms. The predicted molar refractivity (Wildman–Crippen MR) is 70.1 cm³/mol. The highest BCUT2D eigenvalue weighted by Gasteiger charge is 2.20. The molecule has 16 heavy (non-hydrogen) atoms. The Balaban J connectivity index is 2.72. The molecule has 1 heteroatoms. The van der Waals surface area contributed by atoms with Crippen LogP contribution in [0, 0.1) is 5.92 Å². The molecule has 0 aliphatic carbocycles. The lowest BCUT2D eigenvalue weighted by atomic mass is 9.79. The van der Waals surface area contributed by atoms with Crippen LogP contribution in [0.15, 0.2) is 24.3 Å². The van der Waals surface area contributed by atoms with E-state index in [1.54, 1.807) is 7.11 Å². The molecule has 0 aromatic heterocycles. The van der Waals surface area contributed by atoms with Crippen LogP contribution in [0.25, 0.3) is 0 Å². The molecule has 0 bridgehead atoms. The summed E-state index contributed by atoms with van der Waals surface area (Å²) in [5.74, 6) is 1.71. The summed E-state index contributed by atoms with van der Waals surface area (Å²) in [5, 5.41) is 0. The topological polar surface area (TPSA) is 9.23 Å². The summed E-state index contributed by atoms with van der Waals surface area (Å²) in [4.78, 5) is 0. The maximum absolute atomic E-state index is 5.18. The van der Waals surface area contributed by atoms with E-state index in [0.717, 1.165) is 11.7 Å². The molecule has 90 valence electrons. The minimum absolute atomic E-state index is 0.260. The third kappa shape index (κ3) is 3.55. The first-order valence-electron chi connectivity index (χ1n) is 6.10. The number of benzene rings is 1. The molecule has 0 aliphatic rings. The van der Waals surface area contributed by atoms with Gasteiger partial charge in [0.15, 0.2) is 0 Å². The maximum atomic E-state index is 5.18. The molecule has 0 atom stereocenters. The quantitative estimate of drug-likeness (QED) is 0.714. The fourth-order valence-corrected chi connectivity index (χ4v) is 1.84. The summed E-state index contributed by atoms with van der Waals surface area (Å²) >= 11 is 0. The van der Waals surface area contributed by atoms with E-state index < -0.39 is 0 Å². The average Bonchev–Trinajstić information content (AvgIpc) is 2.27. The van der Waals surface area contributed by atoms with Crippen LogP contribution in [-0.2, 0) is 5.41 Å². The van der Waals surface area contributed by atoms with Crippen molar-refractivity contribution in [1.82, 2.24) is 0 Å². The van der Waals surface area contributed by atoms with E-state index >= 15 is 0 Å². The largest absolute Gasteiger partial charge is 0.497 e. The molecule has 0 fully saturated rings. The molecule has 0 saturated heterocycles. The molecular formula is C15H24O. The zero-order valence-corrected chi connectivity index (χ0v) is 11.2. The standard InChI is InChI=1S/C15H24O/c1-12(2)10-11-15(3,4)13-6-8-14(16-5)9-7-13/h6-9,12H,10-11H2,1-5H3. The van der Waals surface area contributed by atoms with Gasteiger partial charge in [0.1, 0.15) is 5.75 Å². The van der Waals surface area contributed by atoms with E-state index in [-0.39, 0.29) is 5.41 Å². The van der Waals surface area contributed by atoms with E-state index in [0.29, 0.717) is 0 Å². The van der Waals surface area contributed by atoms with Crippen molar-refractivity contribution >= 4 is 0 Å². The lowest BCUT2D eigenvalue weighted by Crippen LogP contribution is -2.17. The van der Waals surface area contributed by atoms with Crippen molar-refractivity contribution in [2.45, 2.75) is 46.0 Å². The van der Waals surface area contributed by atoms with Gasteiger partial charge in [0.25, 0.3) is 0 Å². The van der Waals surface area contributed by atoms with Gasteiger partial charge in [0.05, 0.1) is 7.11 Å². The molecule has 1 rings (SSSR count). The Kier molecular flexibility index (Phi) is 4.40. The van der Waals surface area contributed by atoms with Crippen LogP contribution in [0.2, 0.25) is 0 Å². The fourth-order valence-electron chi connectivity index (χ4n) is 1.84. The molecule has 0 heterocycles. The van der Waals surface area contributed by atoms with Crippen LogP contribution in [-0.4, -0.2) is 7.11 Å². The Morgan fingerprint density at radius 3 is 2.12 bits per heavy atom. The van der Waals surface area contributed by atoms with Gasteiger partial charge >= 0.3 is 0 Å². The lowest BCUT2D eigenvalue weighted by molar-refractivity contribution is 0.406. The highest BCUT2D eigenvalue weighted by molar-refractivity contribution is 5.31. The Morgan fingerprint density at radius 2 is 1.69 bits per heavy atom. The molecule has 0 aliphatic heterocycles. The summed E-state index contributed by atoms with van der Waals surface area (Å²) in [6, 6.07) is 8.46. The molecule has 0 amide bonds. The van der Waals surface area contributed by atoms with Gasteiger partial charge in [-0.15, -0.1) is 0 Å². The monoisotopic (exact) mass is 220 g/mol. The second kappa shape index (κ2) is 5.38. The van der Waals surface area contributed by atoms with E-state index in [1.165, 1.54) is 18.4 Å². The van der Waals surface area contributed by atoms with Crippen LogP contribution in [0.3, 0.4) is 0 Å². The Morgan fingerprint density at radius 1 is 1.12 bits per heavy atom. The van der Waals surface area contributed by atoms with Gasteiger partial charge in [0, 0.05) is 0 Å². The van der Waals surface area contributed by atoms with Crippen molar-refractivity contribution in [3.05, 3.63) is 29.8 Å². The van der Waals surface area contributed by atoms with Crippen LogP contribution >= 0.6 is 0 Å².